The lowest BCUT2D eigenvalue weighted by Crippen LogP contribution is -2.10. The zero-order chi connectivity index (χ0) is 15.6. The molecule has 0 radical (unpaired) electrons. The normalized spacial score (nSPS) is 13.0. The van der Waals surface area contributed by atoms with Crippen molar-refractivity contribution in [2.24, 2.45) is 0 Å². The van der Waals surface area contributed by atoms with E-state index in [2.05, 4.69) is 26.2 Å². The average Bonchev–Trinajstić information content (AvgIpc) is 2.39. The quantitative estimate of drug-likeness (QED) is 0.761. The molecule has 0 bridgehead atoms. The fourth-order valence-corrected chi connectivity index (χ4v) is 2.30. The lowest BCUT2D eigenvalue weighted by Gasteiger charge is -2.17. The number of pyridine rings is 1. The van der Waals surface area contributed by atoms with Crippen LogP contribution in [0.25, 0.3) is 0 Å². The van der Waals surface area contributed by atoms with Gasteiger partial charge in [0, 0.05) is 16.4 Å². The van der Waals surface area contributed by atoms with Crippen molar-refractivity contribution in [3.63, 3.8) is 0 Å². The molecule has 0 aliphatic rings. The molecule has 0 spiro atoms. The molecule has 0 aliphatic carbocycles. The standard InChI is InChI=1S/C14H11BrF4N2/c1-8(9-4-10(16)7-20-6-9)21-11-2-3-13(15)12(5-11)14(17,18)19/h2-8,21H,1H3. The molecule has 7 heteroatoms. The number of rotatable bonds is 3. The summed E-state index contributed by atoms with van der Waals surface area (Å²) in [5.74, 6) is -0.493. The van der Waals surface area contributed by atoms with Crippen LogP contribution in [0.15, 0.2) is 41.1 Å². The third-order valence-electron chi connectivity index (χ3n) is 2.88. The molecule has 2 nitrogen and oxygen atoms in total. The molecule has 1 atom stereocenters. The zero-order valence-corrected chi connectivity index (χ0v) is 12.5. The van der Waals surface area contributed by atoms with Gasteiger partial charge in [-0.3, -0.25) is 4.98 Å². The largest absolute Gasteiger partial charge is 0.417 e. The van der Waals surface area contributed by atoms with Gasteiger partial charge in [-0.1, -0.05) is 15.9 Å². The first kappa shape index (κ1) is 15.8. The number of halogens is 5. The molecule has 1 unspecified atom stereocenters. The topological polar surface area (TPSA) is 24.9 Å². The van der Waals surface area contributed by atoms with Gasteiger partial charge in [-0.05, 0) is 36.8 Å². The van der Waals surface area contributed by atoms with Crippen LogP contribution in [0.3, 0.4) is 0 Å². The van der Waals surface area contributed by atoms with Crippen LogP contribution in [0.5, 0.6) is 0 Å². The highest BCUT2D eigenvalue weighted by atomic mass is 79.9. The molecule has 1 N–H and O–H groups in total. The molecule has 0 fully saturated rings. The van der Waals surface area contributed by atoms with Gasteiger partial charge in [0.15, 0.2) is 0 Å². The number of hydrogen-bond acceptors (Lipinski definition) is 2. The van der Waals surface area contributed by atoms with Crippen molar-refractivity contribution in [1.82, 2.24) is 4.98 Å². The molecule has 0 saturated heterocycles. The van der Waals surface area contributed by atoms with Crippen LogP contribution in [0, 0.1) is 5.82 Å². The van der Waals surface area contributed by atoms with E-state index in [1.807, 2.05) is 0 Å². The molecule has 0 aliphatic heterocycles. The van der Waals surface area contributed by atoms with Gasteiger partial charge < -0.3 is 5.32 Å². The fourth-order valence-electron chi connectivity index (χ4n) is 1.83. The second-order valence-corrected chi connectivity index (χ2v) is 5.35. The first-order valence-corrected chi connectivity index (χ1v) is 6.80. The van der Waals surface area contributed by atoms with Crippen molar-refractivity contribution in [3.05, 3.63) is 58.1 Å². The summed E-state index contributed by atoms with van der Waals surface area (Å²) >= 11 is 2.88. The number of nitrogens with one attached hydrogen (secondary N) is 1. The summed E-state index contributed by atoms with van der Waals surface area (Å²) in [6.07, 6.45) is -1.91. The van der Waals surface area contributed by atoms with Crippen LogP contribution < -0.4 is 5.32 Å². The molecule has 1 aromatic heterocycles. The highest BCUT2D eigenvalue weighted by molar-refractivity contribution is 9.10. The summed E-state index contributed by atoms with van der Waals surface area (Å²) in [7, 11) is 0. The van der Waals surface area contributed by atoms with Crippen LogP contribution in [0.1, 0.15) is 24.1 Å². The monoisotopic (exact) mass is 362 g/mol. The van der Waals surface area contributed by atoms with E-state index < -0.39 is 17.6 Å². The first-order chi connectivity index (χ1) is 9.77. The number of hydrogen-bond donors (Lipinski definition) is 1. The predicted molar refractivity (Wildman–Crippen MR) is 75.4 cm³/mol. The van der Waals surface area contributed by atoms with Crippen molar-refractivity contribution in [2.75, 3.05) is 5.32 Å². The Morgan fingerprint density at radius 3 is 2.52 bits per heavy atom. The van der Waals surface area contributed by atoms with E-state index in [-0.39, 0.29) is 10.5 Å². The SMILES string of the molecule is CC(Nc1ccc(Br)c(C(F)(F)F)c1)c1cncc(F)c1. The predicted octanol–water partition coefficient (Wildman–Crippen LogP) is 5.18. The second kappa shape index (κ2) is 6.01. The minimum Gasteiger partial charge on any atom is -0.378 e. The summed E-state index contributed by atoms with van der Waals surface area (Å²) in [6.45, 7) is 1.71. The third kappa shape index (κ3) is 3.93. The Morgan fingerprint density at radius 2 is 1.90 bits per heavy atom. The van der Waals surface area contributed by atoms with Gasteiger partial charge in [-0.25, -0.2) is 4.39 Å². The Morgan fingerprint density at radius 1 is 1.19 bits per heavy atom. The van der Waals surface area contributed by atoms with Crippen LogP contribution in [0.4, 0.5) is 23.2 Å². The number of nitrogens with zero attached hydrogens (tertiary/aromatic N) is 1. The lowest BCUT2D eigenvalue weighted by molar-refractivity contribution is -0.138. The lowest BCUT2D eigenvalue weighted by atomic mass is 10.1. The maximum atomic E-state index is 13.1. The number of alkyl halides is 3. The second-order valence-electron chi connectivity index (χ2n) is 4.49. The van der Waals surface area contributed by atoms with Crippen molar-refractivity contribution >= 4 is 21.6 Å². The van der Waals surface area contributed by atoms with Crippen LogP contribution in [-0.2, 0) is 6.18 Å². The Balaban J connectivity index is 2.24. The highest BCUT2D eigenvalue weighted by Gasteiger charge is 2.33. The maximum Gasteiger partial charge on any atom is 0.417 e. The van der Waals surface area contributed by atoms with Crippen LogP contribution in [0.2, 0.25) is 0 Å². The van der Waals surface area contributed by atoms with Crippen LogP contribution in [-0.4, -0.2) is 4.98 Å². The highest BCUT2D eigenvalue weighted by Crippen LogP contribution is 2.36. The number of benzene rings is 1. The van der Waals surface area contributed by atoms with Gasteiger partial charge in [-0.2, -0.15) is 13.2 Å². The summed E-state index contributed by atoms with van der Waals surface area (Å²) < 4.78 is 51.5. The maximum absolute atomic E-state index is 13.1. The summed E-state index contributed by atoms with van der Waals surface area (Å²) in [6, 6.07) is 4.75. The number of anilines is 1. The van der Waals surface area contributed by atoms with Crippen molar-refractivity contribution in [1.29, 1.82) is 0 Å². The van der Waals surface area contributed by atoms with Gasteiger partial charge in [-0.15, -0.1) is 0 Å². The smallest absolute Gasteiger partial charge is 0.378 e. The summed E-state index contributed by atoms with van der Waals surface area (Å²) in [4.78, 5) is 3.72. The minimum absolute atomic E-state index is 0.0272. The fraction of sp³-hybridized carbons (Fsp3) is 0.214. The average molecular weight is 363 g/mol. The van der Waals surface area contributed by atoms with E-state index in [4.69, 9.17) is 0 Å². The molecular formula is C14H11BrF4N2. The van der Waals surface area contributed by atoms with Gasteiger partial charge in [0.2, 0.25) is 0 Å². The molecule has 2 rings (SSSR count). The molecular weight excluding hydrogens is 352 g/mol. The summed E-state index contributed by atoms with van der Waals surface area (Å²) in [5, 5.41) is 2.90. The van der Waals surface area contributed by atoms with Crippen molar-refractivity contribution in [2.45, 2.75) is 19.1 Å². The Kier molecular flexibility index (Phi) is 4.51. The van der Waals surface area contributed by atoms with E-state index in [1.165, 1.54) is 24.4 Å². The van der Waals surface area contributed by atoms with Gasteiger partial charge in [0.05, 0.1) is 17.8 Å². The van der Waals surface area contributed by atoms with E-state index in [0.717, 1.165) is 12.3 Å². The zero-order valence-electron chi connectivity index (χ0n) is 10.9. The minimum atomic E-state index is -4.44. The van der Waals surface area contributed by atoms with E-state index >= 15 is 0 Å². The van der Waals surface area contributed by atoms with E-state index in [9.17, 15) is 17.6 Å². The Hall–Kier alpha value is -1.63. The molecule has 0 amide bonds. The Labute approximate surface area is 127 Å². The van der Waals surface area contributed by atoms with Crippen molar-refractivity contribution in [3.8, 4) is 0 Å². The molecule has 0 saturated carbocycles. The summed E-state index contributed by atoms with van der Waals surface area (Å²) in [5.41, 5.74) is 0.0748. The van der Waals surface area contributed by atoms with Crippen LogP contribution >= 0.6 is 15.9 Å². The number of aromatic nitrogens is 1. The van der Waals surface area contributed by atoms with E-state index in [1.54, 1.807) is 6.92 Å². The molecule has 1 heterocycles. The molecule has 21 heavy (non-hydrogen) atoms. The van der Waals surface area contributed by atoms with Gasteiger partial charge >= 0.3 is 6.18 Å². The van der Waals surface area contributed by atoms with Crippen molar-refractivity contribution < 1.29 is 17.6 Å². The molecule has 112 valence electrons. The first-order valence-electron chi connectivity index (χ1n) is 6.01. The van der Waals surface area contributed by atoms with Gasteiger partial charge in [0.25, 0.3) is 0 Å². The Bertz CT molecular complexity index is 643. The molecule has 2 aromatic rings. The van der Waals surface area contributed by atoms with Gasteiger partial charge in [0.1, 0.15) is 5.82 Å². The van der Waals surface area contributed by atoms with E-state index in [0.29, 0.717) is 11.3 Å². The third-order valence-corrected chi connectivity index (χ3v) is 3.57. The molecule has 1 aromatic carbocycles.